The first-order valence-corrected chi connectivity index (χ1v) is 10.9. The van der Waals surface area contributed by atoms with Gasteiger partial charge in [0.25, 0.3) is 0 Å². The summed E-state index contributed by atoms with van der Waals surface area (Å²) in [5.74, 6) is 1.88. The molecule has 0 spiro atoms. The molecule has 0 unspecified atom stereocenters. The van der Waals surface area contributed by atoms with Gasteiger partial charge in [0.2, 0.25) is 0 Å². The van der Waals surface area contributed by atoms with Crippen molar-refractivity contribution in [3.8, 4) is 33.8 Å². The Kier molecular flexibility index (Phi) is 8.42. The largest absolute Gasteiger partial charge is 0.673 e. The van der Waals surface area contributed by atoms with Gasteiger partial charge in [0.05, 0.1) is 22.8 Å². The van der Waals surface area contributed by atoms with Crippen LogP contribution < -0.4 is 0 Å². The van der Waals surface area contributed by atoms with E-state index in [-0.39, 0.29) is 0 Å². The van der Waals surface area contributed by atoms with E-state index < -0.39 is 7.25 Å². The molecule has 0 aliphatic heterocycles. The van der Waals surface area contributed by atoms with Crippen molar-refractivity contribution in [3.63, 3.8) is 0 Å². The monoisotopic (exact) mass is 452 g/mol. The van der Waals surface area contributed by atoms with Crippen LogP contribution in [-0.4, -0.2) is 7.25 Å². The third kappa shape index (κ3) is 7.31. The zero-order valence-electron chi connectivity index (χ0n) is 18.4. The smallest absolute Gasteiger partial charge is 0.418 e. The topological polar surface area (TPSA) is 11.3 Å². The molecule has 3 aromatic carbocycles. The van der Waals surface area contributed by atoms with E-state index in [0.717, 1.165) is 41.9 Å². The van der Waals surface area contributed by atoms with Gasteiger partial charge in [0.1, 0.15) is 0 Å². The summed E-state index contributed by atoms with van der Waals surface area (Å²) < 4.78 is 45.5. The van der Waals surface area contributed by atoms with Crippen LogP contribution in [0.25, 0.3) is 33.8 Å². The molecule has 0 radical (unpaired) electrons. The summed E-state index contributed by atoms with van der Waals surface area (Å²) in [6.45, 7) is 2.24. The van der Waals surface area contributed by atoms with E-state index >= 15 is 0 Å². The van der Waals surface area contributed by atoms with Gasteiger partial charge in [-0.15, -0.1) is 0 Å². The molecule has 33 heavy (non-hydrogen) atoms. The highest BCUT2D eigenvalue weighted by Gasteiger charge is 2.26. The average molecular weight is 452 g/mol. The molecule has 170 valence electrons. The van der Waals surface area contributed by atoms with Gasteiger partial charge in [-0.3, -0.25) is 0 Å². The first-order chi connectivity index (χ1) is 15.9. The lowest BCUT2D eigenvalue weighted by Gasteiger charge is -2.10. The van der Waals surface area contributed by atoms with Crippen molar-refractivity contribution in [2.75, 3.05) is 0 Å². The van der Waals surface area contributed by atoms with E-state index in [4.69, 9.17) is 4.42 Å². The standard InChI is InChI=1S/C27H25O.BF4/c1-2-3-19-24-25(21-13-7-4-8-14-21)20-26(22-15-9-5-10-16-22)28-27(24)23-17-11-6-12-18-23;2-1(3,4)5/h4-18,20H,2-3,19H2,1H3;/q+1;-1. The molecule has 6 heteroatoms. The molecule has 0 amide bonds. The molecule has 0 bridgehead atoms. The highest BCUT2D eigenvalue weighted by Crippen LogP contribution is 2.38. The van der Waals surface area contributed by atoms with Crippen molar-refractivity contribution < 1.29 is 21.7 Å². The van der Waals surface area contributed by atoms with Crippen molar-refractivity contribution in [1.82, 2.24) is 0 Å². The van der Waals surface area contributed by atoms with E-state index in [2.05, 4.69) is 91.9 Å². The molecule has 1 aromatic heterocycles. The maximum absolute atomic E-state index is 9.75. The molecule has 0 fully saturated rings. The Hall–Kier alpha value is -3.41. The Morgan fingerprint density at radius 2 is 1.12 bits per heavy atom. The third-order valence-electron chi connectivity index (χ3n) is 5.05. The fraction of sp³-hybridized carbons (Fsp3) is 0.148. The van der Waals surface area contributed by atoms with Gasteiger partial charge in [-0.25, -0.2) is 4.42 Å². The maximum atomic E-state index is 9.75. The van der Waals surface area contributed by atoms with E-state index in [9.17, 15) is 17.3 Å². The predicted octanol–water partition coefficient (Wildman–Crippen LogP) is 9.20. The lowest BCUT2D eigenvalue weighted by Crippen LogP contribution is -2.02. The van der Waals surface area contributed by atoms with Crippen LogP contribution in [0.1, 0.15) is 25.3 Å². The molecule has 0 aliphatic carbocycles. The van der Waals surface area contributed by atoms with Crippen molar-refractivity contribution in [1.29, 1.82) is 0 Å². The van der Waals surface area contributed by atoms with E-state index in [0.29, 0.717) is 0 Å². The molecular formula is C27H25BF4O. The second-order valence-electron chi connectivity index (χ2n) is 7.53. The minimum Gasteiger partial charge on any atom is -0.418 e. The molecule has 1 heterocycles. The van der Waals surface area contributed by atoms with Crippen LogP contribution in [0.3, 0.4) is 0 Å². The van der Waals surface area contributed by atoms with Gasteiger partial charge in [-0.2, -0.15) is 0 Å². The first-order valence-electron chi connectivity index (χ1n) is 10.9. The summed E-state index contributed by atoms with van der Waals surface area (Å²) in [5.41, 5.74) is 6.01. The van der Waals surface area contributed by atoms with Crippen molar-refractivity contribution in [2.45, 2.75) is 26.2 Å². The van der Waals surface area contributed by atoms with E-state index in [1.165, 1.54) is 16.7 Å². The van der Waals surface area contributed by atoms with Crippen LogP contribution in [0.5, 0.6) is 0 Å². The van der Waals surface area contributed by atoms with Crippen LogP contribution in [-0.2, 0) is 6.42 Å². The number of hydrogen-bond donors (Lipinski definition) is 0. The van der Waals surface area contributed by atoms with Crippen molar-refractivity contribution in [2.24, 2.45) is 0 Å². The van der Waals surface area contributed by atoms with Gasteiger partial charge in [-0.05, 0) is 42.7 Å². The Labute approximate surface area is 191 Å². The van der Waals surface area contributed by atoms with Crippen LogP contribution in [0.15, 0.2) is 101 Å². The second-order valence-corrected chi connectivity index (χ2v) is 7.53. The predicted molar refractivity (Wildman–Crippen MR) is 128 cm³/mol. The van der Waals surface area contributed by atoms with Crippen LogP contribution in [0.2, 0.25) is 0 Å². The minimum atomic E-state index is -6.00. The molecule has 0 aliphatic rings. The fourth-order valence-electron chi connectivity index (χ4n) is 3.59. The lowest BCUT2D eigenvalue weighted by molar-refractivity contribution is 0.368. The molecule has 0 atom stereocenters. The molecule has 4 rings (SSSR count). The Balaban J connectivity index is 0.000000555. The van der Waals surface area contributed by atoms with Gasteiger partial charge in [0, 0.05) is 5.56 Å². The van der Waals surface area contributed by atoms with Gasteiger partial charge in [0.15, 0.2) is 0 Å². The zero-order chi connectivity index (χ0) is 23.7. The fourth-order valence-corrected chi connectivity index (χ4v) is 3.59. The lowest BCUT2D eigenvalue weighted by atomic mass is 9.92. The summed E-state index contributed by atoms with van der Waals surface area (Å²) in [5, 5.41) is 0. The quantitative estimate of drug-likeness (QED) is 0.161. The summed E-state index contributed by atoms with van der Waals surface area (Å²) in [4.78, 5) is 0. The number of benzene rings is 3. The summed E-state index contributed by atoms with van der Waals surface area (Å²) in [6, 6.07) is 33.7. The summed E-state index contributed by atoms with van der Waals surface area (Å²) in [7, 11) is -6.00. The van der Waals surface area contributed by atoms with Crippen molar-refractivity contribution >= 4 is 7.25 Å². The molecule has 1 nitrogen and oxygen atoms in total. The molecule has 0 saturated heterocycles. The third-order valence-corrected chi connectivity index (χ3v) is 5.05. The van der Waals surface area contributed by atoms with Gasteiger partial charge in [-0.1, -0.05) is 80.1 Å². The highest BCUT2D eigenvalue weighted by molar-refractivity contribution is 6.50. The number of unbranched alkanes of at least 4 members (excludes halogenated alkanes) is 1. The van der Waals surface area contributed by atoms with E-state index in [1.54, 1.807) is 0 Å². The second kappa shape index (κ2) is 11.5. The number of rotatable bonds is 6. The number of halogens is 4. The minimum absolute atomic E-state index is 0.901. The van der Waals surface area contributed by atoms with Crippen LogP contribution >= 0.6 is 0 Å². The molecular weight excluding hydrogens is 427 g/mol. The molecule has 0 N–H and O–H groups in total. The average Bonchev–Trinajstić information content (AvgIpc) is 2.83. The van der Waals surface area contributed by atoms with Gasteiger partial charge >= 0.3 is 18.8 Å². The van der Waals surface area contributed by atoms with E-state index in [1.807, 2.05) is 12.1 Å². The molecule has 0 saturated carbocycles. The first kappa shape index (κ1) is 24.2. The zero-order valence-corrected chi connectivity index (χ0v) is 18.4. The maximum Gasteiger partial charge on any atom is 0.673 e. The molecule has 4 aromatic rings. The summed E-state index contributed by atoms with van der Waals surface area (Å²) >= 11 is 0. The Morgan fingerprint density at radius 1 is 0.667 bits per heavy atom. The van der Waals surface area contributed by atoms with Crippen LogP contribution in [0.4, 0.5) is 17.3 Å². The van der Waals surface area contributed by atoms with Crippen LogP contribution in [0, 0.1) is 0 Å². The highest BCUT2D eigenvalue weighted by atomic mass is 19.5. The normalized spacial score (nSPS) is 10.9. The van der Waals surface area contributed by atoms with Gasteiger partial charge < -0.3 is 17.3 Å². The Morgan fingerprint density at radius 3 is 1.61 bits per heavy atom. The Bertz CT molecular complexity index is 1060. The van der Waals surface area contributed by atoms with Crippen molar-refractivity contribution in [3.05, 3.63) is 103 Å². The number of hydrogen-bond acceptors (Lipinski definition) is 0. The summed E-state index contributed by atoms with van der Waals surface area (Å²) in [6.07, 6.45) is 3.30. The SMILES string of the molecule is CCCCc1c(-c2ccccc2)cc(-c2ccccc2)[o+]c1-c1ccccc1.F[B-](F)(F)F.